The number of oxime groups is 1. The van der Waals surface area contributed by atoms with Crippen LogP contribution in [-0.4, -0.2) is 24.0 Å². The van der Waals surface area contributed by atoms with Crippen molar-refractivity contribution in [1.82, 2.24) is 0 Å². The minimum atomic E-state index is -0.531. The first-order chi connectivity index (χ1) is 10.8. The SMILES string of the molecule is COc1ccc(C2=NO[C@H](C[C@H](O)c3ccccc3)C2)cc1. The predicted molar refractivity (Wildman–Crippen MR) is 85.0 cm³/mol. The Bertz CT molecular complexity index is 637. The van der Waals surface area contributed by atoms with Gasteiger partial charge in [0, 0.05) is 12.8 Å². The summed E-state index contributed by atoms with van der Waals surface area (Å²) in [5.74, 6) is 0.819. The molecule has 0 aromatic heterocycles. The van der Waals surface area contributed by atoms with Crippen LogP contribution in [-0.2, 0) is 4.84 Å². The molecule has 1 aliphatic rings. The van der Waals surface area contributed by atoms with Gasteiger partial charge in [-0.2, -0.15) is 0 Å². The van der Waals surface area contributed by atoms with Crippen LogP contribution in [0.15, 0.2) is 59.8 Å². The van der Waals surface area contributed by atoms with E-state index < -0.39 is 6.10 Å². The fourth-order valence-electron chi connectivity index (χ4n) is 2.57. The van der Waals surface area contributed by atoms with E-state index in [0.29, 0.717) is 12.8 Å². The summed E-state index contributed by atoms with van der Waals surface area (Å²) >= 11 is 0. The van der Waals surface area contributed by atoms with Crippen LogP contribution < -0.4 is 4.74 Å². The maximum absolute atomic E-state index is 10.3. The minimum Gasteiger partial charge on any atom is -0.497 e. The summed E-state index contributed by atoms with van der Waals surface area (Å²) in [5, 5.41) is 14.4. The van der Waals surface area contributed by atoms with Gasteiger partial charge in [-0.25, -0.2) is 0 Å². The number of benzene rings is 2. The third-order valence-corrected chi connectivity index (χ3v) is 3.83. The molecule has 1 N–H and O–H groups in total. The summed E-state index contributed by atoms with van der Waals surface area (Å²) in [6, 6.07) is 17.4. The zero-order valence-corrected chi connectivity index (χ0v) is 12.5. The standard InChI is InChI=1S/C18H19NO3/c1-21-15-9-7-13(8-10-15)17-11-16(22-19-17)12-18(20)14-5-3-2-4-6-14/h2-10,16,18,20H,11-12H2,1H3/t16-,18-/m0/s1. The van der Waals surface area contributed by atoms with Crippen LogP contribution in [0.4, 0.5) is 0 Å². The fraction of sp³-hybridized carbons (Fsp3) is 0.278. The molecule has 2 aromatic rings. The van der Waals surface area contributed by atoms with Crippen LogP contribution in [0.25, 0.3) is 0 Å². The van der Waals surface area contributed by atoms with Crippen molar-refractivity contribution in [2.24, 2.45) is 5.16 Å². The summed E-state index contributed by atoms with van der Waals surface area (Å²) in [6.45, 7) is 0. The van der Waals surface area contributed by atoms with Crippen molar-refractivity contribution in [2.45, 2.75) is 25.0 Å². The van der Waals surface area contributed by atoms with Gasteiger partial charge in [0.25, 0.3) is 0 Å². The lowest BCUT2D eigenvalue weighted by Crippen LogP contribution is -2.13. The minimum absolute atomic E-state index is 0.0905. The van der Waals surface area contributed by atoms with E-state index in [1.807, 2.05) is 54.6 Å². The topological polar surface area (TPSA) is 51.0 Å². The van der Waals surface area contributed by atoms with Gasteiger partial charge < -0.3 is 14.7 Å². The highest BCUT2D eigenvalue weighted by atomic mass is 16.6. The number of ether oxygens (including phenoxy) is 1. The summed E-state index contributed by atoms with van der Waals surface area (Å²) < 4.78 is 5.15. The van der Waals surface area contributed by atoms with Crippen molar-refractivity contribution in [2.75, 3.05) is 7.11 Å². The molecular weight excluding hydrogens is 278 g/mol. The lowest BCUT2D eigenvalue weighted by atomic mass is 9.98. The van der Waals surface area contributed by atoms with Crippen molar-refractivity contribution < 1.29 is 14.7 Å². The van der Waals surface area contributed by atoms with Gasteiger partial charge in [-0.3, -0.25) is 0 Å². The van der Waals surface area contributed by atoms with Gasteiger partial charge in [0.05, 0.1) is 18.9 Å². The highest BCUT2D eigenvalue weighted by Crippen LogP contribution is 2.26. The molecular formula is C18H19NO3. The Balaban J connectivity index is 1.59. The first-order valence-electron chi connectivity index (χ1n) is 7.36. The third-order valence-electron chi connectivity index (χ3n) is 3.83. The molecule has 1 aliphatic heterocycles. The maximum Gasteiger partial charge on any atom is 0.136 e. The summed E-state index contributed by atoms with van der Waals surface area (Å²) in [7, 11) is 1.65. The van der Waals surface area contributed by atoms with E-state index in [-0.39, 0.29) is 6.10 Å². The average Bonchev–Trinajstić information content (AvgIpc) is 3.04. The zero-order chi connectivity index (χ0) is 15.4. The van der Waals surface area contributed by atoms with Gasteiger partial charge in [-0.15, -0.1) is 0 Å². The highest BCUT2D eigenvalue weighted by Gasteiger charge is 2.25. The molecule has 0 radical (unpaired) electrons. The predicted octanol–water partition coefficient (Wildman–Crippen LogP) is 3.31. The Morgan fingerprint density at radius 1 is 1.18 bits per heavy atom. The summed E-state index contributed by atoms with van der Waals surface area (Å²) in [4.78, 5) is 5.47. The molecule has 0 amide bonds. The highest BCUT2D eigenvalue weighted by molar-refractivity contribution is 6.01. The van der Waals surface area contributed by atoms with Crippen molar-refractivity contribution in [3.8, 4) is 5.75 Å². The molecule has 22 heavy (non-hydrogen) atoms. The number of aliphatic hydroxyl groups excluding tert-OH is 1. The van der Waals surface area contributed by atoms with E-state index in [2.05, 4.69) is 5.16 Å². The van der Waals surface area contributed by atoms with E-state index in [1.54, 1.807) is 7.11 Å². The second-order valence-corrected chi connectivity index (χ2v) is 5.36. The van der Waals surface area contributed by atoms with Gasteiger partial charge in [0.15, 0.2) is 0 Å². The van der Waals surface area contributed by atoms with Crippen LogP contribution >= 0.6 is 0 Å². The molecule has 0 fully saturated rings. The van der Waals surface area contributed by atoms with E-state index in [0.717, 1.165) is 22.6 Å². The largest absolute Gasteiger partial charge is 0.497 e. The zero-order valence-electron chi connectivity index (χ0n) is 12.5. The third kappa shape index (κ3) is 3.28. The second kappa shape index (κ2) is 6.62. The number of nitrogens with zero attached hydrogens (tertiary/aromatic N) is 1. The molecule has 4 nitrogen and oxygen atoms in total. The van der Waals surface area contributed by atoms with E-state index in [9.17, 15) is 5.11 Å². The second-order valence-electron chi connectivity index (χ2n) is 5.36. The molecule has 3 rings (SSSR count). The van der Waals surface area contributed by atoms with E-state index >= 15 is 0 Å². The number of aliphatic hydroxyl groups is 1. The number of rotatable bonds is 5. The summed E-state index contributed by atoms with van der Waals surface area (Å²) in [5.41, 5.74) is 2.84. The van der Waals surface area contributed by atoms with Gasteiger partial charge in [0.2, 0.25) is 0 Å². The molecule has 0 saturated carbocycles. The van der Waals surface area contributed by atoms with Crippen molar-refractivity contribution in [1.29, 1.82) is 0 Å². The van der Waals surface area contributed by atoms with Crippen molar-refractivity contribution >= 4 is 5.71 Å². The van der Waals surface area contributed by atoms with Gasteiger partial charge in [-0.05, 0) is 35.4 Å². The van der Waals surface area contributed by atoms with Gasteiger partial charge in [-0.1, -0.05) is 35.5 Å². The lowest BCUT2D eigenvalue weighted by molar-refractivity contribution is 0.0363. The Morgan fingerprint density at radius 2 is 1.91 bits per heavy atom. The first-order valence-corrected chi connectivity index (χ1v) is 7.36. The fourth-order valence-corrected chi connectivity index (χ4v) is 2.57. The molecule has 0 unspecified atom stereocenters. The van der Waals surface area contributed by atoms with Crippen molar-refractivity contribution in [3.63, 3.8) is 0 Å². The Hall–Kier alpha value is -2.33. The Morgan fingerprint density at radius 3 is 2.59 bits per heavy atom. The molecule has 0 saturated heterocycles. The van der Waals surface area contributed by atoms with Gasteiger partial charge >= 0.3 is 0 Å². The molecule has 4 heteroatoms. The van der Waals surface area contributed by atoms with Gasteiger partial charge in [0.1, 0.15) is 11.9 Å². The van der Waals surface area contributed by atoms with Crippen LogP contribution in [0.1, 0.15) is 30.1 Å². The normalized spacial score (nSPS) is 18.5. The molecule has 0 spiro atoms. The number of methoxy groups -OCH3 is 1. The van der Waals surface area contributed by atoms with E-state index in [1.165, 1.54) is 0 Å². The lowest BCUT2D eigenvalue weighted by Gasteiger charge is -2.14. The Kier molecular flexibility index (Phi) is 4.39. The Labute approximate surface area is 130 Å². The average molecular weight is 297 g/mol. The molecule has 1 heterocycles. The van der Waals surface area contributed by atoms with E-state index in [4.69, 9.17) is 9.57 Å². The quantitative estimate of drug-likeness (QED) is 0.921. The molecule has 2 aromatic carbocycles. The smallest absolute Gasteiger partial charge is 0.136 e. The van der Waals surface area contributed by atoms with Crippen molar-refractivity contribution in [3.05, 3.63) is 65.7 Å². The monoisotopic (exact) mass is 297 g/mol. The van der Waals surface area contributed by atoms with Crippen LogP contribution in [0.5, 0.6) is 5.75 Å². The van der Waals surface area contributed by atoms with Crippen LogP contribution in [0, 0.1) is 0 Å². The summed E-state index contributed by atoms with van der Waals surface area (Å²) in [6.07, 6.45) is 0.618. The number of hydrogen-bond acceptors (Lipinski definition) is 4. The molecule has 2 atom stereocenters. The maximum atomic E-state index is 10.3. The first kappa shape index (κ1) is 14.6. The molecule has 114 valence electrons. The van der Waals surface area contributed by atoms with Crippen LogP contribution in [0.2, 0.25) is 0 Å². The molecule has 0 bridgehead atoms. The van der Waals surface area contributed by atoms with Crippen LogP contribution in [0.3, 0.4) is 0 Å². The number of hydrogen-bond donors (Lipinski definition) is 1. The molecule has 0 aliphatic carbocycles.